The van der Waals surface area contributed by atoms with Gasteiger partial charge in [-0.05, 0) is 95.4 Å². The van der Waals surface area contributed by atoms with Gasteiger partial charge in [-0.2, -0.15) is 0 Å². The van der Waals surface area contributed by atoms with E-state index in [2.05, 4.69) is 147 Å². The molecule has 2 aromatic heterocycles. The van der Waals surface area contributed by atoms with Gasteiger partial charge >= 0.3 is 0 Å². The van der Waals surface area contributed by atoms with Gasteiger partial charge in [-0.3, -0.25) is 0 Å². The van der Waals surface area contributed by atoms with E-state index >= 15 is 0 Å². The number of rotatable bonds is 6. The van der Waals surface area contributed by atoms with Crippen molar-refractivity contribution in [1.29, 1.82) is 0 Å². The van der Waals surface area contributed by atoms with Gasteiger partial charge in [0.25, 0.3) is 0 Å². The van der Waals surface area contributed by atoms with Crippen LogP contribution in [-0.2, 0) is 0 Å². The maximum absolute atomic E-state index is 2.31. The lowest BCUT2D eigenvalue weighted by molar-refractivity contribution is 1.46. The molecule has 0 radical (unpaired) electrons. The molecular formula is C36H28S2. The summed E-state index contributed by atoms with van der Waals surface area (Å²) in [6.45, 7) is 4.24. The van der Waals surface area contributed by atoms with Gasteiger partial charge in [0.15, 0.2) is 0 Å². The highest BCUT2D eigenvalue weighted by molar-refractivity contribution is 7.16. The fraction of sp³-hybridized carbons (Fsp3) is 0.0556. The van der Waals surface area contributed by atoms with Crippen LogP contribution in [0.5, 0.6) is 0 Å². The average Bonchev–Trinajstić information content (AvgIpc) is 3.62. The van der Waals surface area contributed by atoms with Crippen molar-refractivity contribution in [3.8, 4) is 20.9 Å². The number of benzene rings is 4. The third-order valence-electron chi connectivity index (χ3n) is 6.70. The maximum atomic E-state index is 2.31. The Bertz CT molecular complexity index is 1620. The van der Waals surface area contributed by atoms with Crippen molar-refractivity contribution in [1.82, 2.24) is 0 Å². The molecule has 0 aliphatic carbocycles. The first kappa shape index (κ1) is 24.4. The molecule has 0 aliphatic heterocycles. The molecule has 6 aromatic rings. The summed E-state index contributed by atoms with van der Waals surface area (Å²) < 4.78 is 0. The Hall–Kier alpha value is -3.98. The van der Waals surface area contributed by atoms with Crippen molar-refractivity contribution in [2.75, 3.05) is 0 Å². The lowest BCUT2D eigenvalue weighted by Gasteiger charge is -2.04. The lowest BCUT2D eigenvalue weighted by Crippen LogP contribution is -1.78. The molecule has 0 spiro atoms. The molecule has 184 valence electrons. The molecule has 2 heterocycles. The van der Waals surface area contributed by atoms with Crippen LogP contribution in [0.1, 0.15) is 32.0 Å². The van der Waals surface area contributed by atoms with Gasteiger partial charge in [0.2, 0.25) is 0 Å². The minimum atomic E-state index is 1.23. The quantitative estimate of drug-likeness (QED) is 0.203. The van der Waals surface area contributed by atoms with Crippen LogP contribution in [0.25, 0.3) is 56.0 Å². The highest BCUT2D eigenvalue weighted by Gasteiger charge is 2.06. The molecule has 0 bridgehead atoms. The summed E-state index contributed by atoms with van der Waals surface area (Å²) in [5.41, 5.74) is 7.57. The minimum Gasteiger partial charge on any atom is -0.136 e. The predicted molar refractivity (Wildman–Crippen MR) is 171 cm³/mol. The van der Waals surface area contributed by atoms with E-state index in [1.807, 2.05) is 22.7 Å². The number of aryl methyl sites for hydroxylation is 2. The molecular weight excluding hydrogens is 497 g/mol. The Kier molecular flexibility index (Phi) is 6.92. The zero-order valence-corrected chi connectivity index (χ0v) is 23.2. The van der Waals surface area contributed by atoms with E-state index in [9.17, 15) is 0 Å². The summed E-state index contributed by atoms with van der Waals surface area (Å²) in [6, 6.07) is 39.8. The van der Waals surface area contributed by atoms with Crippen LogP contribution in [0.2, 0.25) is 0 Å². The summed E-state index contributed by atoms with van der Waals surface area (Å²) in [7, 11) is 0. The van der Waals surface area contributed by atoms with E-state index in [4.69, 9.17) is 0 Å². The van der Waals surface area contributed by atoms with Crippen LogP contribution >= 0.6 is 22.7 Å². The predicted octanol–water partition coefficient (Wildman–Crippen LogP) is 11.3. The third kappa shape index (κ3) is 5.62. The molecule has 0 nitrogen and oxygen atoms in total. The second-order valence-electron chi connectivity index (χ2n) is 9.67. The Labute approximate surface area is 232 Å². The Morgan fingerprint density at radius 3 is 1.26 bits per heavy atom. The molecule has 4 aromatic carbocycles. The Balaban J connectivity index is 1.18. The van der Waals surface area contributed by atoms with Crippen molar-refractivity contribution in [2.24, 2.45) is 0 Å². The molecule has 0 fully saturated rings. The Morgan fingerprint density at radius 1 is 0.421 bits per heavy atom. The molecule has 6 rings (SSSR count). The summed E-state index contributed by atoms with van der Waals surface area (Å²) in [5.74, 6) is 0. The van der Waals surface area contributed by atoms with Gasteiger partial charge < -0.3 is 0 Å². The van der Waals surface area contributed by atoms with Gasteiger partial charge in [-0.1, -0.05) is 96.1 Å². The van der Waals surface area contributed by atoms with Crippen molar-refractivity contribution in [3.05, 3.63) is 141 Å². The molecule has 0 amide bonds. The number of hydrogen-bond acceptors (Lipinski definition) is 2. The highest BCUT2D eigenvalue weighted by Crippen LogP contribution is 2.35. The molecule has 0 N–H and O–H groups in total. The van der Waals surface area contributed by atoms with Gasteiger partial charge in [-0.25, -0.2) is 0 Å². The van der Waals surface area contributed by atoms with Crippen LogP contribution in [0.15, 0.2) is 109 Å². The first-order valence-electron chi connectivity index (χ1n) is 12.8. The van der Waals surface area contributed by atoms with E-state index in [1.54, 1.807) is 0 Å². The average molecular weight is 525 g/mol. The van der Waals surface area contributed by atoms with E-state index in [1.165, 1.54) is 63.7 Å². The van der Waals surface area contributed by atoms with Crippen molar-refractivity contribution in [3.63, 3.8) is 0 Å². The number of thiophene rings is 2. The van der Waals surface area contributed by atoms with E-state index < -0.39 is 0 Å². The molecule has 38 heavy (non-hydrogen) atoms. The van der Waals surface area contributed by atoms with Crippen LogP contribution in [0, 0.1) is 13.8 Å². The van der Waals surface area contributed by atoms with E-state index in [-0.39, 0.29) is 0 Å². The van der Waals surface area contributed by atoms with Gasteiger partial charge in [-0.15, -0.1) is 22.7 Å². The molecule has 0 saturated carbocycles. The molecule has 0 unspecified atom stereocenters. The fourth-order valence-electron chi connectivity index (χ4n) is 4.46. The summed E-state index contributed by atoms with van der Waals surface area (Å²) in [5, 5.41) is 2.54. The second-order valence-corrected chi connectivity index (χ2v) is 11.9. The van der Waals surface area contributed by atoms with Crippen LogP contribution in [0.4, 0.5) is 0 Å². The van der Waals surface area contributed by atoms with Gasteiger partial charge in [0.05, 0.1) is 0 Å². The number of fused-ring (bicyclic) bond motifs is 1. The standard InChI is InChI=1S/C36H28S2/c1-25-3-7-27(8-4-25)11-17-33-19-21-35(37-33)31-15-13-30-24-32(16-14-29(30)23-31)36-22-20-34(38-36)18-12-28-9-5-26(2)6-10-28/h3-24H,1-2H3/b17-11+,18-12+. The SMILES string of the molecule is Cc1ccc(/C=C/c2ccc(-c3ccc4cc(-c5ccc(/C=C/c6ccc(C)cc6)s5)ccc4c3)s2)cc1. The normalized spacial score (nSPS) is 11.7. The first-order chi connectivity index (χ1) is 18.6. The molecule has 2 heteroatoms. The summed E-state index contributed by atoms with van der Waals surface area (Å²) in [4.78, 5) is 5.12. The molecule has 0 aliphatic rings. The largest absolute Gasteiger partial charge is 0.136 e. The third-order valence-corrected chi connectivity index (χ3v) is 8.90. The van der Waals surface area contributed by atoms with Gasteiger partial charge in [0, 0.05) is 19.5 Å². The second kappa shape index (κ2) is 10.8. The topological polar surface area (TPSA) is 0 Å². The zero-order valence-electron chi connectivity index (χ0n) is 21.5. The maximum Gasteiger partial charge on any atom is 0.0349 e. The van der Waals surface area contributed by atoms with Crippen LogP contribution in [-0.4, -0.2) is 0 Å². The fourth-order valence-corrected chi connectivity index (χ4v) is 6.27. The summed E-state index contributed by atoms with van der Waals surface area (Å²) in [6.07, 6.45) is 8.78. The number of hydrogen-bond donors (Lipinski definition) is 0. The smallest absolute Gasteiger partial charge is 0.0349 e. The van der Waals surface area contributed by atoms with Crippen LogP contribution < -0.4 is 0 Å². The first-order valence-corrected chi connectivity index (χ1v) is 14.5. The highest BCUT2D eigenvalue weighted by atomic mass is 32.1. The molecule has 0 atom stereocenters. The lowest BCUT2D eigenvalue weighted by atomic mass is 10.0. The summed E-state index contributed by atoms with van der Waals surface area (Å²) >= 11 is 3.66. The molecule has 0 saturated heterocycles. The van der Waals surface area contributed by atoms with Crippen molar-refractivity contribution < 1.29 is 0 Å². The van der Waals surface area contributed by atoms with Crippen molar-refractivity contribution >= 4 is 57.8 Å². The van der Waals surface area contributed by atoms with Crippen molar-refractivity contribution in [2.45, 2.75) is 13.8 Å². The monoisotopic (exact) mass is 524 g/mol. The van der Waals surface area contributed by atoms with E-state index in [0.717, 1.165) is 0 Å². The minimum absolute atomic E-state index is 1.23. The van der Waals surface area contributed by atoms with Gasteiger partial charge in [0.1, 0.15) is 0 Å². The van der Waals surface area contributed by atoms with E-state index in [0.29, 0.717) is 0 Å². The van der Waals surface area contributed by atoms with Crippen LogP contribution in [0.3, 0.4) is 0 Å². The Morgan fingerprint density at radius 2 is 0.842 bits per heavy atom. The zero-order chi connectivity index (χ0) is 25.9.